The highest BCUT2D eigenvalue weighted by molar-refractivity contribution is 5.94. The molecule has 0 radical (unpaired) electrons. The summed E-state index contributed by atoms with van der Waals surface area (Å²) in [5.41, 5.74) is -1.51. The van der Waals surface area contributed by atoms with Crippen molar-refractivity contribution in [3.05, 3.63) is 59.7 Å². The Bertz CT molecular complexity index is 1240. The first kappa shape index (κ1) is 27.2. The molecule has 7 N–H and O–H groups in total. The van der Waals surface area contributed by atoms with Gasteiger partial charge in [-0.1, -0.05) is 18.2 Å². The lowest BCUT2D eigenvalue weighted by atomic mass is 9.73. The van der Waals surface area contributed by atoms with Gasteiger partial charge in [-0.05, 0) is 47.5 Å². The number of aliphatic carboxylic acids is 1. The van der Waals surface area contributed by atoms with E-state index in [-0.39, 0.29) is 23.7 Å². The van der Waals surface area contributed by atoms with Gasteiger partial charge in [0.1, 0.15) is 0 Å². The number of ketones is 1. The van der Waals surface area contributed by atoms with Crippen molar-refractivity contribution in [3.63, 3.8) is 0 Å². The standard InChI is InChI=1S/C26H26O11/c27-16(5-1-14-2-6-18(28)20(30)9-14)11-17-22(32)12-26(25(35)36,13-23(17)33)37-24(34)8-4-15-3-7-19(29)21(31)10-15/h1-10,17,22-23,28-33H,11-13H2,(H,35,36)/b5-1+,8-4+/t17?,22-,23+,26?. The summed E-state index contributed by atoms with van der Waals surface area (Å²) in [5, 5.41) is 68.6. The van der Waals surface area contributed by atoms with Crippen LogP contribution >= 0.6 is 0 Å². The lowest BCUT2D eigenvalue weighted by Gasteiger charge is -2.41. The highest BCUT2D eigenvalue weighted by atomic mass is 16.6. The normalized spacial score (nSPS) is 23.8. The molecule has 0 saturated heterocycles. The number of hydrogen-bond acceptors (Lipinski definition) is 10. The summed E-state index contributed by atoms with van der Waals surface area (Å²) in [6, 6.07) is 7.68. The molecule has 2 aromatic carbocycles. The molecule has 1 saturated carbocycles. The number of carboxylic acid groups (broad SMARTS) is 1. The Morgan fingerprint density at radius 1 is 0.811 bits per heavy atom. The maximum atomic E-state index is 12.4. The monoisotopic (exact) mass is 514 g/mol. The van der Waals surface area contributed by atoms with Crippen LogP contribution in [0.2, 0.25) is 0 Å². The van der Waals surface area contributed by atoms with E-state index in [1.165, 1.54) is 48.6 Å². The van der Waals surface area contributed by atoms with Crippen molar-refractivity contribution in [2.45, 2.75) is 37.1 Å². The molecule has 0 aliphatic heterocycles. The molecule has 2 aromatic rings. The van der Waals surface area contributed by atoms with Crippen LogP contribution in [0.15, 0.2) is 48.6 Å². The van der Waals surface area contributed by atoms with Gasteiger partial charge >= 0.3 is 11.9 Å². The number of phenolic OH excluding ortho intramolecular Hbond substituents is 4. The van der Waals surface area contributed by atoms with Crippen LogP contribution in [0.3, 0.4) is 0 Å². The Hall–Kier alpha value is -4.35. The van der Waals surface area contributed by atoms with Crippen LogP contribution in [0.4, 0.5) is 0 Å². The number of carboxylic acids is 1. The molecule has 2 unspecified atom stereocenters. The molecule has 11 heteroatoms. The van der Waals surface area contributed by atoms with Gasteiger partial charge in [-0.25, -0.2) is 9.59 Å². The molecular weight excluding hydrogens is 488 g/mol. The van der Waals surface area contributed by atoms with E-state index in [2.05, 4.69) is 0 Å². The maximum absolute atomic E-state index is 12.4. The minimum Gasteiger partial charge on any atom is -0.504 e. The second-order valence-corrected chi connectivity index (χ2v) is 8.76. The first-order valence-corrected chi connectivity index (χ1v) is 11.2. The summed E-state index contributed by atoms with van der Waals surface area (Å²) in [5.74, 6) is -5.65. The highest BCUT2D eigenvalue weighted by Gasteiger charge is 2.53. The first-order valence-electron chi connectivity index (χ1n) is 11.2. The number of benzene rings is 2. The van der Waals surface area contributed by atoms with Crippen LogP contribution in [0.25, 0.3) is 12.2 Å². The lowest BCUT2D eigenvalue weighted by molar-refractivity contribution is -0.195. The third kappa shape index (κ3) is 6.66. The zero-order valence-electron chi connectivity index (χ0n) is 19.4. The van der Waals surface area contributed by atoms with Gasteiger partial charge in [0.25, 0.3) is 0 Å². The van der Waals surface area contributed by atoms with Gasteiger partial charge in [0.2, 0.25) is 5.60 Å². The highest BCUT2D eigenvalue weighted by Crippen LogP contribution is 2.38. The molecule has 0 bridgehead atoms. The number of allylic oxidation sites excluding steroid dienone is 1. The Balaban J connectivity index is 1.66. The van der Waals surface area contributed by atoms with Gasteiger partial charge in [-0.2, -0.15) is 0 Å². The first-order chi connectivity index (χ1) is 17.4. The minimum atomic E-state index is -2.24. The number of aliphatic hydroxyl groups excluding tert-OH is 2. The Labute approximate surface area is 210 Å². The molecular formula is C26H26O11. The van der Waals surface area contributed by atoms with Crippen LogP contribution in [-0.4, -0.2) is 71.3 Å². The molecule has 1 aliphatic rings. The zero-order valence-corrected chi connectivity index (χ0v) is 19.4. The van der Waals surface area contributed by atoms with Crippen LogP contribution < -0.4 is 0 Å². The Morgan fingerprint density at radius 2 is 1.30 bits per heavy atom. The molecule has 4 atom stereocenters. The molecule has 0 heterocycles. The van der Waals surface area contributed by atoms with Crippen molar-refractivity contribution in [1.29, 1.82) is 0 Å². The van der Waals surface area contributed by atoms with Crippen LogP contribution in [0.1, 0.15) is 30.4 Å². The van der Waals surface area contributed by atoms with Crippen molar-refractivity contribution in [2.24, 2.45) is 5.92 Å². The predicted octanol–water partition coefficient (Wildman–Crippen LogP) is 1.69. The van der Waals surface area contributed by atoms with Gasteiger partial charge in [0.15, 0.2) is 28.8 Å². The van der Waals surface area contributed by atoms with E-state index in [1.54, 1.807) is 0 Å². The molecule has 0 aromatic heterocycles. The number of aromatic hydroxyl groups is 4. The number of aliphatic hydroxyl groups is 2. The van der Waals surface area contributed by atoms with Crippen molar-refractivity contribution >= 4 is 29.9 Å². The summed E-state index contributed by atoms with van der Waals surface area (Å²) in [6.45, 7) is 0. The fourth-order valence-corrected chi connectivity index (χ4v) is 4.06. The third-order valence-corrected chi connectivity index (χ3v) is 6.06. The summed E-state index contributed by atoms with van der Waals surface area (Å²) in [7, 11) is 0. The molecule has 37 heavy (non-hydrogen) atoms. The largest absolute Gasteiger partial charge is 0.504 e. The molecule has 196 valence electrons. The summed E-state index contributed by atoms with van der Waals surface area (Å²) >= 11 is 0. The predicted molar refractivity (Wildman–Crippen MR) is 128 cm³/mol. The second-order valence-electron chi connectivity index (χ2n) is 8.76. The third-order valence-electron chi connectivity index (χ3n) is 6.06. The van der Waals surface area contributed by atoms with Crippen LogP contribution in [-0.2, 0) is 19.1 Å². The number of ether oxygens (including phenoxy) is 1. The number of carbonyl (C=O) groups excluding carboxylic acids is 2. The van der Waals surface area contributed by atoms with E-state index in [0.29, 0.717) is 11.1 Å². The van der Waals surface area contributed by atoms with Crippen molar-refractivity contribution in [2.75, 3.05) is 0 Å². The van der Waals surface area contributed by atoms with Gasteiger partial charge in [0.05, 0.1) is 12.2 Å². The zero-order chi connectivity index (χ0) is 27.3. The number of esters is 1. The molecule has 3 rings (SSSR count). The van der Waals surface area contributed by atoms with E-state index in [4.69, 9.17) is 4.74 Å². The number of hydrogen-bond donors (Lipinski definition) is 7. The SMILES string of the molecule is O=C(/C=C/c1ccc(O)c(O)c1)CC1[C@H](O)CC(OC(=O)/C=C/c2ccc(O)c(O)c2)(C(=O)O)C[C@@H]1O. The van der Waals surface area contributed by atoms with Crippen molar-refractivity contribution < 1.29 is 54.9 Å². The fourth-order valence-electron chi connectivity index (χ4n) is 4.06. The van der Waals surface area contributed by atoms with Gasteiger partial charge < -0.3 is 40.5 Å². The maximum Gasteiger partial charge on any atom is 0.348 e. The molecule has 11 nitrogen and oxygen atoms in total. The summed E-state index contributed by atoms with van der Waals surface area (Å²) < 4.78 is 5.14. The summed E-state index contributed by atoms with van der Waals surface area (Å²) in [4.78, 5) is 36.7. The van der Waals surface area contributed by atoms with Gasteiger partial charge in [-0.3, -0.25) is 4.79 Å². The fraction of sp³-hybridized carbons (Fsp3) is 0.269. The number of carbonyl (C=O) groups is 3. The van der Waals surface area contributed by atoms with E-state index in [9.17, 15) is 50.1 Å². The molecule has 0 spiro atoms. The van der Waals surface area contributed by atoms with E-state index in [0.717, 1.165) is 12.2 Å². The number of phenols is 4. The molecule has 0 amide bonds. The molecule has 1 aliphatic carbocycles. The Morgan fingerprint density at radius 3 is 1.76 bits per heavy atom. The van der Waals surface area contributed by atoms with E-state index < -0.39 is 60.0 Å². The Kier molecular flexibility index (Phi) is 8.21. The van der Waals surface area contributed by atoms with Gasteiger partial charge in [-0.15, -0.1) is 0 Å². The number of rotatable bonds is 8. The second kappa shape index (κ2) is 11.1. The average molecular weight is 514 g/mol. The quantitative estimate of drug-likeness (QED) is 0.153. The van der Waals surface area contributed by atoms with Crippen LogP contribution in [0.5, 0.6) is 23.0 Å². The van der Waals surface area contributed by atoms with Gasteiger partial charge in [0, 0.05) is 31.3 Å². The van der Waals surface area contributed by atoms with Crippen molar-refractivity contribution in [3.8, 4) is 23.0 Å². The average Bonchev–Trinajstić information content (AvgIpc) is 2.83. The lowest BCUT2D eigenvalue weighted by Crippen LogP contribution is -2.56. The van der Waals surface area contributed by atoms with E-state index in [1.807, 2.05) is 0 Å². The topological polar surface area (TPSA) is 202 Å². The molecule has 1 fully saturated rings. The van der Waals surface area contributed by atoms with E-state index >= 15 is 0 Å². The summed E-state index contributed by atoms with van der Waals surface area (Å²) in [6.07, 6.45) is 0.227. The smallest absolute Gasteiger partial charge is 0.348 e. The minimum absolute atomic E-state index is 0.314. The van der Waals surface area contributed by atoms with Crippen molar-refractivity contribution in [1.82, 2.24) is 0 Å². The van der Waals surface area contributed by atoms with Crippen LogP contribution in [0, 0.1) is 5.92 Å².